The molecule has 0 aliphatic heterocycles. The summed E-state index contributed by atoms with van der Waals surface area (Å²) in [5.41, 5.74) is 2.24. The lowest BCUT2D eigenvalue weighted by atomic mass is 10.0. The Morgan fingerprint density at radius 3 is 1.88 bits per heavy atom. The van der Waals surface area contributed by atoms with Crippen LogP contribution in [0.4, 0.5) is 13.2 Å². The molecular weight excluding hydrogens is 325 g/mol. The first kappa shape index (κ1) is 19.5. The molecule has 0 heterocycles. The zero-order valence-corrected chi connectivity index (χ0v) is 14.5. The Balaban J connectivity index is 1.81. The predicted octanol–water partition coefficient (Wildman–Crippen LogP) is 4.85. The minimum atomic E-state index is -4.29. The van der Waals surface area contributed by atoms with Crippen molar-refractivity contribution >= 4 is 0 Å². The molecule has 5 heteroatoms. The van der Waals surface area contributed by atoms with Gasteiger partial charge in [0.2, 0.25) is 0 Å². The van der Waals surface area contributed by atoms with Gasteiger partial charge in [-0.25, -0.2) is 0 Å². The monoisotopic (exact) mass is 350 g/mol. The minimum absolute atomic E-state index is 0.621. The van der Waals surface area contributed by atoms with Crippen molar-refractivity contribution in [3.8, 4) is 11.1 Å². The topological polar surface area (TPSA) is 24.1 Å². The van der Waals surface area contributed by atoms with Gasteiger partial charge in [0.05, 0.1) is 5.56 Å². The van der Waals surface area contributed by atoms with Crippen LogP contribution in [0.2, 0.25) is 0 Å². The van der Waals surface area contributed by atoms with Crippen LogP contribution in [0.3, 0.4) is 0 Å². The fraction of sp³-hybridized carbons (Fsp3) is 0.400. The lowest BCUT2D eigenvalue weighted by Crippen LogP contribution is -2.27. The van der Waals surface area contributed by atoms with Crippen molar-refractivity contribution in [3.63, 3.8) is 0 Å². The van der Waals surface area contributed by atoms with Crippen LogP contribution < -0.4 is 10.6 Å². The standard InChI is InChI=1S/C20H25F3N2/c1-2-3-12-24-13-14-25-15-16-4-6-17(7-5-16)18-8-10-19(11-9-18)20(21,22)23/h4-11,24-25H,2-3,12-15H2,1H3. The van der Waals surface area contributed by atoms with Crippen LogP contribution in [0.15, 0.2) is 48.5 Å². The molecule has 0 unspecified atom stereocenters. The molecule has 2 aromatic rings. The molecular formula is C20H25F3N2. The molecule has 0 radical (unpaired) electrons. The number of nitrogens with one attached hydrogen (secondary N) is 2. The molecule has 0 bridgehead atoms. The first-order chi connectivity index (χ1) is 12.0. The van der Waals surface area contributed by atoms with Gasteiger partial charge >= 0.3 is 6.18 Å². The molecule has 2 rings (SSSR count). The van der Waals surface area contributed by atoms with Gasteiger partial charge in [-0.15, -0.1) is 0 Å². The molecule has 136 valence electrons. The number of alkyl halides is 3. The largest absolute Gasteiger partial charge is 0.416 e. The van der Waals surface area contributed by atoms with Crippen molar-refractivity contribution in [1.82, 2.24) is 10.6 Å². The quantitative estimate of drug-likeness (QED) is 0.632. The first-order valence-corrected chi connectivity index (χ1v) is 8.68. The molecule has 0 saturated heterocycles. The highest BCUT2D eigenvalue weighted by atomic mass is 19.4. The van der Waals surface area contributed by atoms with Crippen LogP contribution in [0.5, 0.6) is 0 Å². The van der Waals surface area contributed by atoms with Crippen LogP contribution in [0, 0.1) is 0 Å². The van der Waals surface area contributed by atoms with E-state index in [-0.39, 0.29) is 0 Å². The average Bonchev–Trinajstić information content (AvgIpc) is 2.61. The summed E-state index contributed by atoms with van der Waals surface area (Å²) in [7, 11) is 0. The highest BCUT2D eigenvalue weighted by molar-refractivity contribution is 5.64. The second-order valence-corrected chi connectivity index (χ2v) is 6.05. The van der Waals surface area contributed by atoms with Crippen molar-refractivity contribution in [1.29, 1.82) is 0 Å². The maximum Gasteiger partial charge on any atom is 0.416 e. The SMILES string of the molecule is CCCCNCCNCc1ccc(-c2ccc(C(F)(F)F)cc2)cc1. The summed E-state index contributed by atoms with van der Waals surface area (Å²) in [6, 6.07) is 13.2. The van der Waals surface area contributed by atoms with E-state index in [1.807, 2.05) is 24.3 Å². The van der Waals surface area contributed by atoms with Crippen LogP contribution in [0.1, 0.15) is 30.9 Å². The third-order valence-electron chi connectivity index (χ3n) is 4.01. The second kappa shape index (κ2) is 9.59. The van der Waals surface area contributed by atoms with Crippen molar-refractivity contribution in [3.05, 3.63) is 59.7 Å². The van der Waals surface area contributed by atoms with E-state index in [2.05, 4.69) is 17.6 Å². The summed E-state index contributed by atoms with van der Waals surface area (Å²) in [6.07, 6.45) is -1.89. The summed E-state index contributed by atoms with van der Waals surface area (Å²) >= 11 is 0. The van der Waals surface area contributed by atoms with Gasteiger partial charge in [0.15, 0.2) is 0 Å². The van der Waals surface area contributed by atoms with Gasteiger partial charge in [0.25, 0.3) is 0 Å². The van der Waals surface area contributed by atoms with Crippen molar-refractivity contribution in [2.24, 2.45) is 0 Å². The third-order valence-corrected chi connectivity index (χ3v) is 4.01. The first-order valence-electron chi connectivity index (χ1n) is 8.68. The van der Waals surface area contributed by atoms with Crippen molar-refractivity contribution in [2.45, 2.75) is 32.5 Å². The molecule has 0 saturated carbocycles. The van der Waals surface area contributed by atoms with Gasteiger partial charge in [0, 0.05) is 19.6 Å². The molecule has 0 atom stereocenters. The van der Waals surface area contributed by atoms with E-state index in [9.17, 15) is 13.2 Å². The van der Waals surface area contributed by atoms with Crippen LogP contribution >= 0.6 is 0 Å². The normalized spacial score (nSPS) is 11.7. The van der Waals surface area contributed by atoms with E-state index < -0.39 is 11.7 Å². The van der Waals surface area contributed by atoms with Gasteiger partial charge in [-0.2, -0.15) is 13.2 Å². The summed E-state index contributed by atoms with van der Waals surface area (Å²) < 4.78 is 37.8. The van der Waals surface area contributed by atoms with E-state index in [0.29, 0.717) is 0 Å². The second-order valence-electron chi connectivity index (χ2n) is 6.05. The van der Waals surface area contributed by atoms with Gasteiger partial charge in [-0.3, -0.25) is 0 Å². The average molecular weight is 350 g/mol. The van der Waals surface area contributed by atoms with Crippen LogP contribution in [-0.4, -0.2) is 19.6 Å². The molecule has 0 aromatic heterocycles. The summed E-state index contributed by atoms with van der Waals surface area (Å²) in [5, 5.41) is 6.75. The number of hydrogen-bond acceptors (Lipinski definition) is 2. The van der Waals surface area contributed by atoms with Crippen molar-refractivity contribution in [2.75, 3.05) is 19.6 Å². The fourth-order valence-electron chi connectivity index (χ4n) is 2.50. The van der Waals surface area contributed by atoms with E-state index in [0.717, 1.165) is 55.0 Å². The van der Waals surface area contributed by atoms with Crippen LogP contribution in [-0.2, 0) is 12.7 Å². The summed E-state index contributed by atoms with van der Waals surface area (Å²) in [6.45, 7) is 5.87. The lowest BCUT2D eigenvalue weighted by molar-refractivity contribution is -0.137. The summed E-state index contributed by atoms with van der Waals surface area (Å²) in [5.74, 6) is 0. The third kappa shape index (κ3) is 6.52. The lowest BCUT2D eigenvalue weighted by Gasteiger charge is -2.09. The van der Waals surface area contributed by atoms with E-state index >= 15 is 0 Å². The number of halogens is 3. The smallest absolute Gasteiger partial charge is 0.315 e. The van der Waals surface area contributed by atoms with E-state index in [1.54, 1.807) is 0 Å². The van der Waals surface area contributed by atoms with E-state index in [4.69, 9.17) is 0 Å². The number of benzene rings is 2. The Morgan fingerprint density at radius 2 is 1.32 bits per heavy atom. The van der Waals surface area contributed by atoms with Gasteiger partial charge in [-0.05, 0) is 41.8 Å². The van der Waals surface area contributed by atoms with Gasteiger partial charge < -0.3 is 10.6 Å². The fourth-order valence-corrected chi connectivity index (χ4v) is 2.50. The molecule has 0 aliphatic rings. The molecule has 2 N–H and O–H groups in total. The predicted molar refractivity (Wildman–Crippen MR) is 96.4 cm³/mol. The van der Waals surface area contributed by atoms with Crippen molar-refractivity contribution < 1.29 is 13.2 Å². The Labute approximate surface area is 147 Å². The Kier molecular flexibility index (Phi) is 7.47. The molecule has 25 heavy (non-hydrogen) atoms. The molecule has 0 amide bonds. The summed E-state index contributed by atoms with van der Waals surface area (Å²) in [4.78, 5) is 0. The molecule has 0 aliphatic carbocycles. The van der Waals surface area contributed by atoms with E-state index in [1.165, 1.54) is 25.0 Å². The minimum Gasteiger partial charge on any atom is -0.315 e. The maximum atomic E-state index is 12.6. The Bertz CT molecular complexity index is 619. The zero-order chi connectivity index (χ0) is 18.1. The number of unbranched alkanes of at least 4 members (excludes halogenated alkanes) is 1. The molecule has 0 fully saturated rings. The highest BCUT2D eigenvalue weighted by Gasteiger charge is 2.29. The zero-order valence-electron chi connectivity index (χ0n) is 14.5. The Hall–Kier alpha value is -1.85. The molecule has 0 spiro atoms. The maximum absolute atomic E-state index is 12.6. The van der Waals surface area contributed by atoms with Crippen LogP contribution in [0.25, 0.3) is 11.1 Å². The van der Waals surface area contributed by atoms with Gasteiger partial charge in [-0.1, -0.05) is 49.7 Å². The Morgan fingerprint density at radius 1 is 0.760 bits per heavy atom. The molecule has 2 aromatic carbocycles. The number of rotatable bonds is 9. The highest BCUT2D eigenvalue weighted by Crippen LogP contribution is 2.30. The van der Waals surface area contributed by atoms with Gasteiger partial charge in [0.1, 0.15) is 0 Å². The number of hydrogen-bond donors (Lipinski definition) is 2. The molecule has 2 nitrogen and oxygen atoms in total.